The molecule has 5 nitrogen and oxygen atoms in total. The fraction of sp³-hybridized carbons (Fsp3) is 0.667. The quantitative estimate of drug-likeness (QED) is 0.760. The Balaban J connectivity index is 0.00000261. The van der Waals surface area contributed by atoms with Crippen LogP contribution in [-0.2, 0) is 11.3 Å². The van der Waals surface area contributed by atoms with Crippen molar-refractivity contribution in [1.29, 1.82) is 0 Å². The molecule has 0 radical (unpaired) electrons. The van der Waals surface area contributed by atoms with Crippen LogP contribution in [-0.4, -0.2) is 56.1 Å². The number of ether oxygens (including phenoxy) is 2. The van der Waals surface area contributed by atoms with Gasteiger partial charge in [-0.3, -0.25) is 9.69 Å². The summed E-state index contributed by atoms with van der Waals surface area (Å²) in [5, 5.41) is 0. The second kappa shape index (κ2) is 10.8. The van der Waals surface area contributed by atoms with Crippen LogP contribution in [0.4, 0.5) is 0 Å². The number of carbonyl (C=O) groups is 1. The lowest BCUT2D eigenvalue weighted by Gasteiger charge is -2.35. The summed E-state index contributed by atoms with van der Waals surface area (Å²) in [5.74, 6) is 2.07. The zero-order valence-electron chi connectivity index (χ0n) is 16.6. The number of hydrogen-bond acceptors (Lipinski definition) is 4. The molecular formula is C21H33ClN2O3. The van der Waals surface area contributed by atoms with Crippen LogP contribution in [0.2, 0.25) is 0 Å². The van der Waals surface area contributed by atoms with Crippen LogP contribution in [0.5, 0.6) is 11.5 Å². The molecule has 27 heavy (non-hydrogen) atoms. The number of methoxy groups -OCH3 is 2. The first kappa shape index (κ1) is 21.8. The van der Waals surface area contributed by atoms with Crippen molar-refractivity contribution < 1.29 is 14.3 Å². The van der Waals surface area contributed by atoms with Gasteiger partial charge in [-0.2, -0.15) is 0 Å². The molecule has 6 heteroatoms. The van der Waals surface area contributed by atoms with E-state index in [1.54, 1.807) is 14.2 Å². The van der Waals surface area contributed by atoms with Gasteiger partial charge in [0.05, 0.1) is 20.1 Å². The van der Waals surface area contributed by atoms with Crippen LogP contribution < -0.4 is 9.47 Å². The van der Waals surface area contributed by atoms with Crippen LogP contribution >= 0.6 is 12.4 Å². The van der Waals surface area contributed by atoms with Crippen LogP contribution in [0.1, 0.15) is 44.1 Å². The fourth-order valence-electron chi connectivity index (χ4n) is 4.27. The summed E-state index contributed by atoms with van der Waals surface area (Å²) in [4.78, 5) is 17.5. The van der Waals surface area contributed by atoms with Gasteiger partial charge in [0.25, 0.3) is 0 Å². The number of para-hydroxylation sites is 1. The molecule has 2 heterocycles. The van der Waals surface area contributed by atoms with E-state index in [0.717, 1.165) is 75.5 Å². The van der Waals surface area contributed by atoms with Crippen molar-refractivity contribution in [3.05, 3.63) is 23.8 Å². The number of amides is 1. The van der Waals surface area contributed by atoms with Crippen LogP contribution in [0.15, 0.2) is 18.2 Å². The van der Waals surface area contributed by atoms with Crippen LogP contribution in [0.3, 0.4) is 0 Å². The summed E-state index contributed by atoms with van der Waals surface area (Å²) in [6, 6.07) is 6.01. The van der Waals surface area contributed by atoms with Crippen molar-refractivity contribution in [1.82, 2.24) is 9.80 Å². The Morgan fingerprint density at radius 1 is 1.04 bits per heavy atom. The molecular weight excluding hydrogens is 364 g/mol. The molecule has 0 N–H and O–H groups in total. The van der Waals surface area contributed by atoms with Crippen molar-refractivity contribution in [2.24, 2.45) is 5.92 Å². The lowest BCUT2D eigenvalue weighted by molar-refractivity contribution is -0.137. The van der Waals surface area contributed by atoms with E-state index in [9.17, 15) is 4.79 Å². The van der Waals surface area contributed by atoms with Gasteiger partial charge in [0.1, 0.15) is 0 Å². The highest BCUT2D eigenvalue weighted by Gasteiger charge is 2.30. The van der Waals surface area contributed by atoms with Gasteiger partial charge in [-0.1, -0.05) is 25.0 Å². The zero-order valence-corrected chi connectivity index (χ0v) is 17.4. The molecule has 0 aromatic heterocycles. The SMILES string of the molecule is COc1cccc(CN2CCCC(C(=O)N3CCCCCC3)C2)c1OC.Cl. The molecule has 1 unspecified atom stereocenters. The molecule has 2 saturated heterocycles. The molecule has 0 spiro atoms. The molecule has 1 atom stereocenters. The zero-order chi connectivity index (χ0) is 18.4. The Kier molecular flexibility index (Phi) is 8.71. The standard InChI is InChI=1S/C21H32N2O3.ClH/c1-25-19-11-7-9-17(20(19)26-2)15-22-12-8-10-18(16-22)21(24)23-13-5-3-4-6-14-23;/h7,9,11,18H,3-6,8,10,12-16H2,1-2H3;1H. The number of benzene rings is 1. The van der Waals surface area contributed by atoms with Crippen molar-refractivity contribution in [2.75, 3.05) is 40.4 Å². The molecule has 152 valence electrons. The highest BCUT2D eigenvalue weighted by Crippen LogP contribution is 2.32. The van der Waals surface area contributed by atoms with E-state index in [0.29, 0.717) is 5.91 Å². The van der Waals surface area contributed by atoms with E-state index < -0.39 is 0 Å². The van der Waals surface area contributed by atoms with E-state index >= 15 is 0 Å². The summed E-state index contributed by atoms with van der Waals surface area (Å²) < 4.78 is 11.0. The second-order valence-electron chi connectivity index (χ2n) is 7.47. The third-order valence-electron chi connectivity index (χ3n) is 5.65. The number of rotatable bonds is 5. The predicted octanol–water partition coefficient (Wildman–Crippen LogP) is 3.74. The second-order valence-corrected chi connectivity index (χ2v) is 7.47. The normalized spacial score (nSPS) is 21.1. The molecule has 2 aliphatic rings. The number of piperidine rings is 1. The number of hydrogen-bond donors (Lipinski definition) is 0. The average molecular weight is 397 g/mol. The van der Waals surface area contributed by atoms with Crippen molar-refractivity contribution >= 4 is 18.3 Å². The summed E-state index contributed by atoms with van der Waals surface area (Å²) in [6.07, 6.45) is 6.93. The predicted molar refractivity (Wildman–Crippen MR) is 110 cm³/mol. The van der Waals surface area contributed by atoms with Crippen molar-refractivity contribution in [3.8, 4) is 11.5 Å². The maximum atomic E-state index is 13.0. The summed E-state index contributed by atoms with van der Waals surface area (Å²) >= 11 is 0. The summed E-state index contributed by atoms with van der Waals surface area (Å²) in [7, 11) is 3.35. The Bertz CT molecular complexity index is 603. The first-order valence-electron chi connectivity index (χ1n) is 9.94. The lowest BCUT2D eigenvalue weighted by Crippen LogP contribution is -2.44. The molecule has 2 fully saturated rings. The molecule has 2 aliphatic heterocycles. The lowest BCUT2D eigenvalue weighted by atomic mass is 9.95. The van der Waals surface area contributed by atoms with E-state index in [4.69, 9.17) is 9.47 Å². The number of likely N-dealkylation sites (tertiary alicyclic amines) is 2. The highest BCUT2D eigenvalue weighted by molar-refractivity contribution is 5.85. The van der Waals surface area contributed by atoms with Gasteiger partial charge in [0, 0.05) is 31.7 Å². The Morgan fingerprint density at radius 2 is 1.78 bits per heavy atom. The average Bonchev–Trinajstić information content (AvgIpc) is 2.97. The first-order chi connectivity index (χ1) is 12.7. The third-order valence-corrected chi connectivity index (χ3v) is 5.65. The van der Waals surface area contributed by atoms with Gasteiger partial charge in [-0.05, 0) is 38.3 Å². The van der Waals surface area contributed by atoms with Gasteiger partial charge in [-0.15, -0.1) is 12.4 Å². The molecule has 3 rings (SSSR count). The number of nitrogens with zero attached hydrogens (tertiary/aromatic N) is 2. The van der Waals surface area contributed by atoms with Crippen LogP contribution in [0.25, 0.3) is 0 Å². The first-order valence-corrected chi connectivity index (χ1v) is 9.94. The summed E-state index contributed by atoms with van der Waals surface area (Å²) in [5.41, 5.74) is 1.12. The Morgan fingerprint density at radius 3 is 2.44 bits per heavy atom. The molecule has 1 aromatic rings. The monoisotopic (exact) mass is 396 g/mol. The minimum atomic E-state index is 0. The van der Waals surface area contributed by atoms with Crippen molar-refractivity contribution in [3.63, 3.8) is 0 Å². The summed E-state index contributed by atoms with van der Waals surface area (Å²) in [6.45, 7) is 4.56. The van der Waals surface area contributed by atoms with E-state index in [1.165, 1.54) is 12.8 Å². The minimum Gasteiger partial charge on any atom is -0.493 e. The van der Waals surface area contributed by atoms with Crippen LogP contribution in [0, 0.1) is 5.92 Å². The van der Waals surface area contributed by atoms with E-state index in [2.05, 4.69) is 15.9 Å². The van der Waals surface area contributed by atoms with Gasteiger partial charge in [-0.25, -0.2) is 0 Å². The number of halogens is 1. The van der Waals surface area contributed by atoms with Gasteiger partial charge >= 0.3 is 0 Å². The van der Waals surface area contributed by atoms with E-state index in [-0.39, 0.29) is 18.3 Å². The highest BCUT2D eigenvalue weighted by atomic mass is 35.5. The molecule has 0 saturated carbocycles. The van der Waals surface area contributed by atoms with Gasteiger partial charge in [0.2, 0.25) is 5.91 Å². The largest absolute Gasteiger partial charge is 0.493 e. The van der Waals surface area contributed by atoms with Gasteiger partial charge in [0.15, 0.2) is 11.5 Å². The molecule has 0 bridgehead atoms. The van der Waals surface area contributed by atoms with Gasteiger partial charge < -0.3 is 14.4 Å². The minimum absolute atomic E-state index is 0. The fourth-order valence-corrected chi connectivity index (χ4v) is 4.27. The maximum Gasteiger partial charge on any atom is 0.226 e. The third kappa shape index (κ3) is 5.52. The van der Waals surface area contributed by atoms with E-state index in [1.807, 2.05) is 12.1 Å². The molecule has 0 aliphatic carbocycles. The van der Waals surface area contributed by atoms with Crippen molar-refractivity contribution in [2.45, 2.75) is 45.1 Å². The smallest absolute Gasteiger partial charge is 0.226 e. The Labute approximate surface area is 169 Å². The number of carbonyl (C=O) groups excluding carboxylic acids is 1. The maximum absolute atomic E-state index is 13.0. The molecule has 1 aromatic carbocycles. The molecule has 1 amide bonds. The Hall–Kier alpha value is -1.46. The topological polar surface area (TPSA) is 42.0 Å².